The number of nitrogens with one attached hydrogen (secondary N) is 1. The summed E-state index contributed by atoms with van der Waals surface area (Å²) in [6.07, 6.45) is 5.41. The second kappa shape index (κ2) is 5.63. The van der Waals surface area contributed by atoms with Gasteiger partial charge < -0.3 is 5.32 Å². The molecule has 17 heavy (non-hydrogen) atoms. The van der Waals surface area contributed by atoms with E-state index in [0.717, 1.165) is 37.2 Å². The largest absolute Gasteiger partial charge is 0.307 e. The van der Waals surface area contributed by atoms with Crippen LogP contribution in [0.15, 0.2) is 6.33 Å². The van der Waals surface area contributed by atoms with Crippen LogP contribution in [0.2, 0.25) is 0 Å². The smallest absolute Gasteiger partial charge is 0.140 e. The van der Waals surface area contributed by atoms with E-state index in [-0.39, 0.29) is 0 Å². The Labute approximate surface area is 104 Å². The first-order valence-corrected chi connectivity index (χ1v) is 6.82. The Morgan fingerprint density at radius 3 is 2.88 bits per heavy atom. The van der Waals surface area contributed by atoms with Gasteiger partial charge in [0.1, 0.15) is 12.2 Å². The second-order valence-corrected chi connectivity index (χ2v) is 5.30. The van der Waals surface area contributed by atoms with E-state index in [1.54, 1.807) is 6.33 Å². The molecule has 0 aromatic carbocycles. The maximum absolute atomic E-state index is 4.33. The van der Waals surface area contributed by atoms with Crippen molar-refractivity contribution in [1.29, 1.82) is 0 Å². The van der Waals surface area contributed by atoms with Crippen LogP contribution in [-0.4, -0.2) is 20.8 Å². The minimum Gasteiger partial charge on any atom is -0.307 e. The fraction of sp³-hybridized carbons (Fsp3) is 0.846. The highest BCUT2D eigenvalue weighted by Crippen LogP contribution is 2.31. The Balaban J connectivity index is 1.87. The van der Waals surface area contributed by atoms with E-state index in [0.29, 0.717) is 6.04 Å². The zero-order valence-corrected chi connectivity index (χ0v) is 11.2. The third-order valence-corrected chi connectivity index (χ3v) is 4.12. The summed E-state index contributed by atoms with van der Waals surface area (Å²) in [6, 6.07) is 0.650. The summed E-state index contributed by atoms with van der Waals surface area (Å²) < 4.78 is 2.01. The van der Waals surface area contributed by atoms with Gasteiger partial charge in [0.05, 0.1) is 6.54 Å². The molecule has 3 atom stereocenters. The molecule has 0 spiro atoms. The molecule has 96 valence electrons. The van der Waals surface area contributed by atoms with Crippen molar-refractivity contribution < 1.29 is 0 Å². The molecule has 3 unspecified atom stereocenters. The molecule has 1 aliphatic rings. The fourth-order valence-electron chi connectivity index (χ4n) is 2.70. The lowest BCUT2D eigenvalue weighted by atomic mass is 9.98. The van der Waals surface area contributed by atoms with Crippen molar-refractivity contribution in [3.8, 4) is 0 Å². The van der Waals surface area contributed by atoms with E-state index >= 15 is 0 Å². The van der Waals surface area contributed by atoms with Gasteiger partial charge in [0, 0.05) is 12.6 Å². The molecular weight excluding hydrogens is 212 g/mol. The van der Waals surface area contributed by atoms with Gasteiger partial charge in [-0.15, -0.1) is 0 Å². The first kappa shape index (κ1) is 12.6. The second-order valence-electron chi connectivity index (χ2n) is 5.30. The number of aryl methyl sites for hydroxylation is 1. The van der Waals surface area contributed by atoms with Crippen molar-refractivity contribution in [3.05, 3.63) is 12.2 Å². The molecule has 2 rings (SSSR count). The van der Waals surface area contributed by atoms with Crippen molar-refractivity contribution in [2.24, 2.45) is 11.8 Å². The lowest BCUT2D eigenvalue weighted by Crippen LogP contribution is -2.32. The van der Waals surface area contributed by atoms with Crippen molar-refractivity contribution in [2.75, 3.05) is 0 Å². The Kier molecular flexibility index (Phi) is 4.15. The Bertz CT molecular complexity index is 347. The summed E-state index contributed by atoms with van der Waals surface area (Å²) in [4.78, 5) is 4.33. The van der Waals surface area contributed by atoms with Crippen LogP contribution in [0.25, 0.3) is 0 Å². The maximum atomic E-state index is 4.33. The van der Waals surface area contributed by atoms with Gasteiger partial charge in [0.15, 0.2) is 0 Å². The van der Waals surface area contributed by atoms with Crippen molar-refractivity contribution in [2.45, 2.75) is 59.2 Å². The summed E-state index contributed by atoms with van der Waals surface area (Å²) in [5, 5.41) is 7.89. The molecule has 1 fully saturated rings. The van der Waals surface area contributed by atoms with Gasteiger partial charge >= 0.3 is 0 Å². The van der Waals surface area contributed by atoms with Crippen molar-refractivity contribution >= 4 is 0 Å². The topological polar surface area (TPSA) is 42.7 Å². The molecule has 1 N–H and O–H groups in total. The lowest BCUT2D eigenvalue weighted by Gasteiger charge is -2.19. The van der Waals surface area contributed by atoms with Crippen molar-refractivity contribution in [3.63, 3.8) is 0 Å². The Hall–Kier alpha value is -0.900. The molecule has 1 aromatic rings. The maximum Gasteiger partial charge on any atom is 0.140 e. The standard InChI is InChI=1S/C13H24N4/c1-4-7-17-13(15-9-16-17)8-14-12-6-5-10(2)11(12)3/h9-12,14H,4-8H2,1-3H3. The molecule has 1 heterocycles. The van der Waals surface area contributed by atoms with Gasteiger partial charge in [0.25, 0.3) is 0 Å². The quantitative estimate of drug-likeness (QED) is 0.852. The van der Waals surface area contributed by atoms with Gasteiger partial charge in [0.2, 0.25) is 0 Å². The van der Waals surface area contributed by atoms with Gasteiger partial charge in [-0.3, -0.25) is 0 Å². The third kappa shape index (κ3) is 2.86. The third-order valence-electron chi connectivity index (χ3n) is 4.12. The summed E-state index contributed by atoms with van der Waals surface area (Å²) in [5.74, 6) is 2.69. The summed E-state index contributed by atoms with van der Waals surface area (Å²) in [7, 11) is 0. The summed E-state index contributed by atoms with van der Waals surface area (Å²) in [5.41, 5.74) is 0. The fourth-order valence-corrected chi connectivity index (χ4v) is 2.70. The van der Waals surface area contributed by atoms with Crippen LogP contribution in [-0.2, 0) is 13.1 Å². The SMILES string of the molecule is CCCn1ncnc1CNC1CCC(C)C1C. The van der Waals surface area contributed by atoms with Gasteiger partial charge in [-0.1, -0.05) is 20.8 Å². The molecule has 1 aliphatic carbocycles. The highest BCUT2D eigenvalue weighted by atomic mass is 15.3. The Morgan fingerprint density at radius 2 is 2.24 bits per heavy atom. The molecule has 0 saturated heterocycles. The van der Waals surface area contributed by atoms with E-state index < -0.39 is 0 Å². The van der Waals surface area contributed by atoms with E-state index in [2.05, 4.69) is 36.2 Å². The van der Waals surface area contributed by atoms with Gasteiger partial charge in [-0.25, -0.2) is 9.67 Å². The summed E-state index contributed by atoms with van der Waals surface area (Å²) in [6.45, 7) is 8.69. The zero-order chi connectivity index (χ0) is 12.3. The normalized spacial score (nSPS) is 28.8. The monoisotopic (exact) mass is 236 g/mol. The number of hydrogen-bond acceptors (Lipinski definition) is 3. The van der Waals surface area contributed by atoms with Crippen LogP contribution in [0.3, 0.4) is 0 Å². The first-order valence-electron chi connectivity index (χ1n) is 6.82. The summed E-state index contributed by atoms with van der Waals surface area (Å²) >= 11 is 0. The number of hydrogen-bond donors (Lipinski definition) is 1. The predicted molar refractivity (Wildman–Crippen MR) is 68.5 cm³/mol. The first-order chi connectivity index (χ1) is 8.22. The van der Waals surface area contributed by atoms with E-state index in [9.17, 15) is 0 Å². The molecule has 4 heteroatoms. The van der Waals surface area contributed by atoms with Crippen LogP contribution in [0, 0.1) is 11.8 Å². The van der Waals surface area contributed by atoms with E-state index in [1.165, 1.54) is 12.8 Å². The minimum atomic E-state index is 0.650. The minimum absolute atomic E-state index is 0.650. The zero-order valence-electron chi connectivity index (χ0n) is 11.2. The molecule has 0 amide bonds. The molecule has 0 aliphatic heterocycles. The average molecular weight is 236 g/mol. The molecule has 0 radical (unpaired) electrons. The highest BCUT2D eigenvalue weighted by Gasteiger charge is 2.29. The lowest BCUT2D eigenvalue weighted by molar-refractivity contribution is 0.363. The molecule has 4 nitrogen and oxygen atoms in total. The van der Waals surface area contributed by atoms with E-state index in [4.69, 9.17) is 0 Å². The predicted octanol–water partition coefficient (Wildman–Crippen LogP) is 2.21. The highest BCUT2D eigenvalue weighted by molar-refractivity contribution is 4.89. The number of rotatable bonds is 5. The van der Waals surface area contributed by atoms with Crippen molar-refractivity contribution in [1.82, 2.24) is 20.1 Å². The average Bonchev–Trinajstić information content (AvgIpc) is 2.87. The molecule has 1 aromatic heterocycles. The van der Waals surface area contributed by atoms with Crippen LogP contribution in [0.4, 0.5) is 0 Å². The Morgan fingerprint density at radius 1 is 1.41 bits per heavy atom. The number of nitrogens with zero attached hydrogens (tertiary/aromatic N) is 3. The molecule has 1 saturated carbocycles. The molecular formula is C13H24N4. The molecule has 0 bridgehead atoms. The van der Waals surface area contributed by atoms with E-state index in [1.807, 2.05) is 4.68 Å². The van der Waals surface area contributed by atoms with Crippen LogP contribution in [0.5, 0.6) is 0 Å². The van der Waals surface area contributed by atoms with Gasteiger partial charge in [-0.2, -0.15) is 5.10 Å². The van der Waals surface area contributed by atoms with Crippen LogP contribution >= 0.6 is 0 Å². The number of aromatic nitrogens is 3. The van der Waals surface area contributed by atoms with Crippen LogP contribution < -0.4 is 5.32 Å². The van der Waals surface area contributed by atoms with Gasteiger partial charge in [-0.05, 0) is 31.1 Å². The van der Waals surface area contributed by atoms with Crippen LogP contribution in [0.1, 0.15) is 45.9 Å².